The van der Waals surface area contributed by atoms with E-state index in [1.54, 1.807) is 18.3 Å². The third-order valence-electron chi connectivity index (χ3n) is 2.46. The molecule has 2 aromatic rings. The van der Waals surface area contributed by atoms with Crippen molar-refractivity contribution in [2.24, 2.45) is 0 Å². The minimum atomic E-state index is -0.836. The number of fused-ring (bicyclic) bond motifs is 1. The number of thiophene rings is 1. The molecule has 0 saturated carbocycles. The maximum Gasteiger partial charge on any atom is 0.396 e. The number of amides is 1. The average molecular weight is 263 g/mol. The highest BCUT2D eigenvalue weighted by atomic mass is 32.1. The first-order valence-electron chi connectivity index (χ1n) is 5.62. The third kappa shape index (κ3) is 2.68. The quantitative estimate of drug-likeness (QED) is 0.681. The first kappa shape index (κ1) is 12.6. The number of rotatable bonds is 3. The van der Waals surface area contributed by atoms with E-state index in [0.29, 0.717) is 6.54 Å². The van der Waals surface area contributed by atoms with Crippen LogP contribution in [0.4, 0.5) is 0 Å². The van der Waals surface area contributed by atoms with Crippen LogP contribution < -0.4 is 5.32 Å². The zero-order chi connectivity index (χ0) is 13.0. The lowest BCUT2D eigenvalue weighted by atomic mass is 10.2. The Morgan fingerprint density at radius 1 is 1.33 bits per heavy atom. The van der Waals surface area contributed by atoms with Gasteiger partial charge < -0.3 is 10.1 Å². The number of carbonyl (C=O) groups is 2. The monoisotopic (exact) mass is 263 g/mol. The van der Waals surface area contributed by atoms with E-state index in [-0.39, 0.29) is 6.61 Å². The third-order valence-corrected chi connectivity index (χ3v) is 3.47. The number of nitrogens with one attached hydrogen (secondary N) is 1. The number of esters is 1. The zero-order valence-electron chi connectivity index (χ0n) is 9.93. The van der Waals surface area contributed by atoms with E-state index in [1.807, 2.05) is 29.6 Å². The highest BCUT2D eigenvalue weighted by Crippen LogP contribution is 2.25. The molecule has 0 radical (unpaired) electrons. The van der Waals surface area contributed by atoms with Crippen molar-refractivity contribution in [1.82, 2.24) is 5.32 Å². The molecule has 0 atom stereocenters. The van der Waals surface area contributed by atoms with E-state index in [1.165, 1.54) is 0 Å². The van der Waals surface area contributed by atoms with Gasteiger partial charge >= 0.3 is 11.9 Å². The number of hydrogen-bond acceptors (Lipinski definition) is 4. The van der Waals surface area contributed by atoms with Gasteiger partial charge in [-0.15, -0.1) is 11.3 Å². The number of benzene rings is 1. The second-order valence-corrected chi connectivity index (χ2v) is 4.57. The van der Waals surface area contributed by atoms with Crippen molar-refractivity contribution in [3.63, 3.8) is 0 Å². The molecule has 18 heavy (non-hydrogen) atoms. The second-order valence-electron chi connectivity index (χ2n) is 3.66. The largest absolute Gasteiger partial charge is 0.459 e. The van der Waals surface area contributed by atoms with Gasteiger partial charge in [0.15, 0.2) is 0 Å². The minimum Gasteiger partial charge on any atom is -0.459 e. The standard InChI is InChI=1S/C13H13NO3S/c1-2-17-13(16)12(15)14-7-9-8-18-11-6-4-3-5-10(9)11/h3-6,8H,2,7H2,1H3,(H,14,15). The van der Waals surface area contributed by atoms with Crippen LogP contribution in [0.15, 0.2) is 29.6 Å². The first-order chi connectivity index (χ1) is 8.72. The topological polar surface area (TPSA) is 55.4 Å². The molecule has 0 aliphatic carbocycles. The zero-order valence-corrected chi connectivity index (χ0v) is 10.8. The molecule has 0 fully saturated rings. The van der Waals surface area contributed by atoms with Gasteiger partial charge in [-0.3, -0.25) is 4.79 Å². The Morgan fingerprint density at radius 3 is 2.89 bits per heavy atom. The van der Waals surface area contributed by atoms with Crippen LogP contribution in [0.1, 0.15) is 12.5 Å². The summed E-state index contributed by atoms with van der Waals surface area (Å²) < 4.78 is 5.78. The molecule has 0 aliphatic rings. The Morgan fingerprint density at radius 2 is 2.11 bits per heavy atom. The molecule has 1 amide bonds. The lowest BCUT2D eigenvalue weighted by Gasteiger charge is -2.03. The smallest absolute Gasteiger partial charge is 0.396 e. The molecule has 0 unspecified atom stereocenters. The van der Waals surface area contributed by atoms with Gasteiger partial charge in [0.2, 0.25) is 0 Å². The highest BCUT2D eigenvalue weighted by Gasteiger charge is 2.14. The lowest BCUT2D eigenvalue weighted by Crippen LogP contribution is -2.31. The molecule has 5 heteroatoms. The maximum absolute atomic E-state index is 11.4. The van der Waals surface area contributed by atoms with Crippen LogP contribution in [0.5, 0.6) is 0 Å². The highest BCUT2D eigenvalue weighted by molar-refractivity contribution is 7.17. The minimum absolute atomic E-state index is 0.202. The van der Waals surface area contributed by atoms with Gasteiger partial charge in [-0.25, -0.2) is 4.79 Å². The summed E-state index contributed by atoms with van der Waals surface area (Å²) >= 11 is 1.62. The number of ether oxygens (including phenoxy) is 1. The van der Waals surface area contributed by atoms with Crippen molar-refractivity contribution in [3.05, 3.63) is 35.2 Å². The molecule has 1 N–H and O–H groups in total. The fourth-order valence-electron chi connectivity index (χ4n) is 1.61. The molecule has 0 spiro atoms. The Balaban J connectivity index is 2.02. The summed E-state index contributed by atoms with van der Waals surface area (Å²) in [6.07, 6.45) is 0. The predicted molar refractivity (Wildman–Crippen MR) is 70.3 cm³/mol. The van der Waals surface area contributed by atoms with Crippen molar-refractivity contribution < 1.29 is 14.3 Å². The number of carbonyl (C=O) groups excluding carboxylic acids is 2. The molecule has 2 rings (SSSR count). The maximum atomic E-state index is 11.4. The summed E-state index contributed by atoms with van der Waals surface area (Å²) in [6.45, 7) is 2.20. The summed E-state index contributed by atoms with van der Waals surface area (Å²) in [6, 6.07) is 7.94. The molecule has 0 aliphatic heterocycles. The lowest BCUT2D eigenvalue weighted by molar-refractivity contribution is -0.154. The van der Waals surface area contributed by atoms with E-state index in [2.05, 4.69) is 10.1 Å². The van der Waals surface area contributed by atoms with Crippen molar-refractivity contribution in [3.8, 4) is 0 Å². The molecule has 1 heterocycles. The van der Waals surface area contributed by atoms with Gasteiger partial charge in [0.05, 0.1) is 6.61 Å². The van der Waals surface area contributed by atoms with Crippen LogP contribution in [0.25, 0.3) is 10.1 Å². The van der Waals surface area contributed by atoms with E-state index in [4.69, 9.17) is 0 Å². The van der Waals surface area contributed by atoms with Crippen molar-refractivity contribution in [1.29, 1.82) is 0 Å². The van der Waals surface area contributed by atoms with Crippen LogP contribution in [0.3, 0.4) is 0 Å². The molecular formula is C13H13NO3S. The summed E-state index contributed by atoms with van der Waals surface area (Å²) in [4.78, 5) is 22.5. The van der Waals surface area contributed by atoms with Gasteiger partial charge in [-0.1, -0.05) is 18.2 Å². The summed E-state index contributed by atoms with van der Waals surface area (Å²) in [5.41, 5.74) is 1.01. The molecule has 1 aromatic carbocycles. The molecule has 94 valence electrons. The summed E-state index contributed by atoms with van der Waals surface area (Å²) in [5, 5.41) is 5.64. The second kappa shape index (κ2) is 5.64. The predicted octanol–water partition coefficient (Wildman–Crippen LogP) is 2.08. The van der Waals surface area contributed by atoms with E-state index < -0.39 is 11.9 Å². The van der Waals surface area contributed by atoms with Gasteiger partial charge in [0.1, 0.15) is 0 Å². The van der Waals surface area contributed by atoms with E-state index in [9.17, 15) is 9.59 Å². The first-order valence-corrected chi connectivity index (χ1v) is 6.50. The molecule has 4 nitrogen and oxygen atoms in total. The van der Waals surface area contributed by atoms with Crippen molar-refractivity contribution in [2.75, 3.05) is 6.61 Å². The van der Waals surface area contributed by atoms with E-state index in [0.717, 1.165) is 15.6 Å². The van der Waals surface area contributed by atoms with Crippen LogP contribution in [-0.4, -0.2) is 18.5 Å². The van der Waals surface area contributed by atoms with E-state index >= 15 is 0 Å². The molecular weight excluding hydrogens is 250 g/mol. The van der Waals surface area contributed by atoms with Gasteiger partial charge in [0.25, 0.3) is 0 Å². The fraction of sp³-hybridized carbons (Fsp3) is 0.231. The Bertz CT molecular complexity index is 576. The molecule has 0 bridgehead atoms. The molecule has 1 aromatic heterocycles. The van der Waals surface area contributed by atoms with Gasteiger partial charge in [-0.05, 0) is 29.3 Å². The Labute approximate surface area is 109 Å². The van der Waals surface area contributed by atoms with Crippen LogP contribution in [0.2, 0.25) is 0 Å². The van der Waals surface area contributed by atoms with Crippen LogP contribution >= 0.6 is 11.3 Å². The average Bonchev–Trinajstić information content (AvgIpc) is 2.79. The SMILES string of the molecule is CCOC(=O)C(=O)NCc1csc2ccccc12. The fourth-order valence-corrected chi connectivity index (χ4v) is 2.58. The Kier molecular flexibility index (Phi) is 3.94. The summed E-state index contributed by atoms with van der Waals surface area (Å²) in [7, 11) is 0. The number of hydrogen-bond donors (Lipinski definition) is 1. The Hall–Kier alpha value is -1.88. The summed E-state index contributed by atoms with van der Waals surface area (Å²) in [5.74, 6) is -1.54. The normalized spacial score (nSPS) is 10.3. The van der Waals surface area contributed by atoms with Crippen molar-refractivity contribution >= 4 is 33.3 Å². The molecule has 0 saturated heterocycles. The van der Waals surface area contributed by atoms with Crippen LogP contribution in [-0.2, 0) is 20.9 Å². The van der Waals surface area contributed by atoms with Gasteiger partial charge in [-0.2, -0.15) is 0 Å². The van der Waals surface area contributed by atoms with Crippen molar-refractivity contribution in [2.45, 2.75) is 13.5 Å². The van der Waals surface area contributed by atoms with Gasteiger partial charge in [0, 0.05) is 11.2 Å². The van der Waals surface area contributed by atoms with Crippen LogP contribution in [0, 0.1) is 0 Å².